The first-order valence-corrected chi connectivity index (χ1v) is 21.0. The molecular weight excluding hydrogens is 773 g/mol. The van der Waals surface area contributed by atoms with E-state index in [4.69, 9.17) is 14.2 Å². The second kappa shape index (κ2) is 18.1. The van der Waals surface area contributed by atoms with Crippen LogP contribution in [-0.2, 0) is 14.3 Å². The van der Waals surface area contributed by atoms with Crippen molar-refractivity contribution in [3.8, 4) is 23.0 Å². The van der Waals surface area contributed by atoms with E-state index < -0.39 is 82.8 Å². The van der Waals surface area contributed by atoms with Crippen molar-refractivity contribution in [2.75, 3.05) is 38.6 Å². The van der Waals surface area contributed by atoms with E-state index >= 15 is 0 Å². The van der Waals surface area contributed by atoms with E-state index in [1.54, 1.807) is 46.8 Å². The molecule has 2 fully saturated rings. The number of nitrogens with zero attached hydrogens (tertiary/aromatic N) is 3. The normalized spacial score (nSPS) is 31.6. The van der Waals surface area contributed by atoms with Crippen LogP contribution in [0.25, 0.3) is 10.8 Å². The molecule has 15 heteroatoms. The number of hydrogen-bond donors (Lipinski definition) is 7. The smallest absolute Gasteiger partial charge is 0.312 e. The lowest BCUT2D eigenvalue weighted by atomic mass is 9.78. The fourth-order valence-electron chi connectivity index (χ4n) is 9.08. The number of allylic oxidation sites excluding steroid dienone is 2. The Balaban J connectivity index is 1.46. The van der Waals surface area contributed by atoms with Crippen molar-refractivity contribution in [2.45, 2.75) is 110 Å². The molecular formula is C45H62N4O11. The molecule has 1 saturated heterocycles. The Hall–Kier alpha value is -4.67. The molecule has 0 radical (unpaired) electrons. The van der Waals surface area contributed by atoms with Crippen molar-refractivity contribution >= 4 is 34.4 Å². The maximum absolute atomic E-state index is 14.4. The Labute approximate surface area is 351 Å². The highest BCUT2D eigenvalue weighted by Gasteiger charge is 2.50. The lowest BCUT2D eigenvalue weighted by molar-refractivity contribution is -0.112. The molecule has 7 rings (SSSR count). The average molecular weight is 835 g/mol. The number of hydrogen-bond acceptors (Lipinski definition) is 14. The number of Topliss-reactive ketones (excluding diaryl/α,β-unsaturated/α-hetero) is 1. The maximum atomic E-state index is 14.4. The van der Waals surface area contributed by atoms with Crippen LogP contribution in [0.15, 0.2) is 41.2 Å². The van der Waals surface area contributed by atoms with E-state index in [0.29, 0.717) is 19.1 Å². The fourth-order valence-corrected chi connectivity index (χ4v) is 9.08. The molecule has 0 aromatic heterocycles. The molecule has 5 bridgehead atoms. The zero-order chi connectivity index (χ0) is 43.8. The Bertz CT molecular complexity index is 2070. The second-order valence-corrected chi connectivity index (χ2v) is 17.2. The third-order valence-electron chi connectivity index (χ3n) is 13.3. The van der Waals surface area contributed by atoms with Gasteiger partial charge < -0.3 is 50.2 Å². The van der Waals surface area contributed by atoms with Gasteiger partial charge in [-0.15, -0.1) is 0 Å². The summed E-state index contributed by atoms with van der Waals surface area (Å²) in [7, 11) is 1.45. The highest BCUT2D eigenvalue weighted by atomic mass is 16.7. The van der Waals surface area contributed by atoms with Crippen LogP contribution in [0.2, 0.25) is 0 Å². The first kappa shape index (κ1) is 44.9. The van der Waals surface area contributed by atoms with Crippen molar-refractivity contribution < 1.29 is 54.4 Å². The van der Waals surface area contributed by atoms with Crippen LogP contribution >= 0.6 is 0 Å². The van der Waals surface area contributed by atoms with Gasteiger partial charge in [-0.3, -0.25) is 19.5 Å². The number of hydrazone groups is 1. The number of aliphatic hydroxyl groups is 3. The third-order valence-corrected chi connectivity index (χ3v) is 13.3. The average Bonchev–Trinajstić information content (AvgIpc) is 3.87. The number of carbonyl (C=O) groups excluding carboxylic acids is 2. The monoisotopic (exact) mass is 834 g/mol. The lowest BCUT2D eigenvalue weighted by Gasteiger charge is -2.36. The number of piperazine rings is 1. The number of aliphatic hydroxyl groups excluding tert-OH is 3. The van der Waals surface area contributed by atoms with Crippen LogP contribution in [0, 0.1) is 30.6 Å². The minimum atomic E-state index is -2.01. The Kier molecular flexibility index (Phi) is 13.6. The quantitative estimate of drug-likeness (QED) is 0.122. The first-order valence-electron chi connectivity index (χ1n) is 21.0. The molecule has 4 aliphatic heterocycles. The molecule has 1 aliphatic carbocycles. The number of phenols is 3. The molecule has 2 aromatic rings. The number of amides is 1. The minimum absolute atomic E-state index is 0.0742. The molecule has 15 nitrogen and oxygen atoms in total. The molecule has 60 heavy (non-hydrogen) atoms. The predicted molar refractivity (Wildman–Crippen MR) is 227 cm³/mol. The molecule has 328 valence electrons. The van der Waals surface area contributed by atoms with E-state index in [1.807, 2.05) is 5.01 Å². The largest absolute Gasteiger partial charge is 0.507 e. The number of benzene rings is 2. The highest BCUT2D eigenvalue weighted by Crippen LogP contribution is 2.55. The van der Waals surface area contributed by atoms with Gasteiger partial charge in [-0.2, -0.15) is 5.10 Å². The van der Waals surface area contributed by atoms with Gasteiger partial charge >= 0.3 is 5.79 Å². The summed E-state index contributed by atoms with van der Waals surface area (Å²) in [6.45, 7) is 14.1. The van der Waals surface area contributed by atoms with E-state index in [1.165, 1.54) is 71.3 Å². The topological polar surface area (TPSA) is 214 Å². The van der Waals surface area contributed by atoms with Crippen LogP contribution in [0.1, 0.15) is 88.7 Å². The number of ketones is 1. The maximum Gasteiger partial charge on any atom is 0.312 e. The number of anilines is 1. The Morgan fingerprint density at radius 1 is 0.867 bits per heavy atom. The number of nitrogens with one attached hydrogen (secondary N) is 1. The number of rotatable bonds is 4. The SMILES string of the molecule is CO[C@H]1C=CO[C@@]2(C)Oc3c(C)c(O)c4c(O)c(c(C=NN5CCN(C6CCCC6)CC5)c(O)c4c3C2=O)NC(=O)C(C)=CC=C[C@H](C)[C@H](O)[C@@H](C)[C@@H](O)[C@@H](C)[C@H](O)[C@@H]1C. The van der Waals surface area contributed by atoms with Gasteiger partial charge in [-0.25, -0.2) is 0 Å². The summed E-state index contributed by atoms with van der Waals surface area (Å²) in [5, 5.41) is 78.4. The summed E-state index contributed by atoms with van der Waals surface area (Å²) in [6, 6.07) is 0.561. The lowest BCUT2D eigenvalue weighted by Crippen LogP contribution is -2.47. The fraction of sp³-hybridized carbons (Fsp3) is 0.578. The highest BCUT2D eigenvalue weighted by molar-refractivity contribution is 6.23. The van der Waals surface area contributed by atoms with Crippen molar-refractivity contribution in [3.05, 3.63) is 52.8 Å². The summed E-state index contributed by atoms with van der Waals surface area (Å²) in [4.78, 5) is 30.7. The molecule has 4 heterocycles. The van der Waals surface area contributed by atoms with E-state index in [-0.39, 0.29) is 44.5 Å². The molecule has 0 spiro atoms. The number of carbonyl (C=O) groups is 2. The molecule has 1 amide bonds. The second-order valence-electron chi connectivity index (χ2n) is 17.2. The Morgan fingerprint density at radius 2 is 1.50 bits per heavy atom. The van der Waals surface area contributed by atoms with Crippen molar-refractivity contribution in [1.82, 2.24) is 9.91 Å². The molecule has 0 unspecified atom stereocenters. The van der Waals surface area contributed by atoms with E-state index in [2.05, 4.69) is 15.3 Å². The van der Waals surface area contributed by atoms with Crippen LogP contribution < -0.4 is 10.1 Å². The van der Waals surface area contributed by atoms with Gasteiger partial charge in [0.05, 0.1) is 59.1 Å². The van der Waals surface area contributed by atoms with Crippen LogP contribution in [0.3, 0.4) is 0 Å². The zero-order valence-corrected chi connectivity index (χ0v) is 35.9. The Morgan fingerprint density at radius 3 is 2.15 bits per heavy atom. The van der Waals surface area contributed by atoms with Crippen LogP contribution in [-0.4, -0.2) is 128 Å². The number of fused-ring (bicyclic) bond motifs is 14. The van der Waals surface area contributed by atoms with Crippen LogP contribution in [0.4, 0.5) is 5.69 Å². The summed E-state index contributed by atoms with van der Waals surface area (Å²) in [6.07, 6.45) is 9.71. The number of aromatic hydroxyl groups is 3. The summed E-state index contributed by atoms with van der Waals surface area (Å²) >= 11 is 0. The molecule has 5 aliphatic rings. The van der Waals surface area contributed by atoms with Gasteiger partial charge in [0.1, 0.15) is 17.2 Å². The standard InChI is InChI=1S/C45H62N4O11/c1-23-12-11-13-24(2)44(57)47-35-30(22-46-49-19-17-48(18-20-49)29-14-9-10-15-29)40(54)32-33(41(35)55)39(53)28(6)42-34(32)43(56)45(7,60-42)59-21-16-31(58-8)25(3)37(51)27(5)38(52)26(4)36(23)50/h11-13,16,21-23,25-27,29,31,36-38,50-55H,9-10,14-15,17-20H2,1-8H3,(H,47,57)/t23-,25+,26+,27-,31-,36-,37+,38+,45-/m0/s1. The van der Waals surface area contributed by atoms with Gasteiger partial charge in [-0.1, -0.05) is 58.8 Å². The number of methoxy groups -OCH3 is 1. The van der Waals surface area contributed by atoms with Gasteiger partial charge in [0.15, 0.2) is 5.75 Å². The number of ether oxygens (including phenoxy) is 3. The zero-order valence-electron chi connectivity index (χ0n) is 35.9. The molecule has 9 atom stereocenters. The third kappa shape index (κ3) is 8.47. The van der Waals surface area contributed by atoms with Crippen molar-refractivity contribution in [1.29, 1.82) is 0 Å². The van der Waals surface area contributed by atoms with Gasteiger partial charge in [0.25, 0.3) is 11.7 Å². The van der Waals surface area contributed by atoms with Gasteiger partial charge in [0.2, 0.25) is 0 Å². The van der Waals surface area contributed by atoms with Crippen molar-refractivity contribution in [3.63, 3.8) is 0 Å². The summed E-state index contributed by atoms with van der Waals surface area (Å²) in [5.41, 5.74) is -0.233. The minimum Gasteiger partial charge on any atom is -0.507 e. The summed E-state index contributed by atoms with van der Waals surface area (Å²) < 4.78 is 17.8. The van der Waals surface area contributed by atoms with E-state index in [0.717, 1.165) is 13.1 Å². The molecule has 1 saturated carbocycles. The molecule has 7 N–H and O–H groups in total. The van der Waals surface area contributed by atoms with Crippen molar-refractivity contribution in [2.24, 2.45) is 28.8 Å². The number of phenolic OH excluding ortho intramolecular Hbond substituents is 3. The van der Waals surface area contributed by atoms with E-state index in [9.17, 15) is 40.2 Å². The van der Waals surface area contributed by atoms with Crippen LogP contribution in [0.5, 0.6) is 23.0 Å². The van der Waals surface area contributed by atoms with Gasteiger partial charge in [-0.05, 0) is 32.8 Å². The predicted octanol–water partition coefficient (Wildman–Crippen LogP) is 5.08. The first-order chi connectivity index (χ1) is 28.4. The molecule has 2 aromatic carbocycles. The summed E-state index contributed by atoms with van der Waals surface area (Å²) in [5.74, 6) is -7.52. The van der Waals surface area contributed by atoms with Gasteiger partial charge in [0, 0.05) is 86.4 Å².